The van der Waals surface area contributed by atoms with Crippen LogP contribution in [0.15, 0.2) is 36.5 Å². The quantitative estimate of drug-likeness (QED) is 0.765. The highest BCUT2D eigenvalue weighted by Gasteiger charge is 2.32. The molecule has 0 aliphatic carbocycles. The molecule has 0 saturated carbocycles. The van der Waals surface area contributed by atoms with Crippen molar-refractivity contribution in [3.63, 3.8) is 0 Å². The number of carbonyl (C=O) groups excluding carboxylic acids is 2. The molecule has 1 aromatic rings. The highest BCUT2D eigenvalue weighted by molar-refractivity contribution is 5.79. The van der Waals surface area contributed by atoms with Crippen molar-refractivity contribution in [3.8, 4) is 0 Å². The summed E-state index contributed by atoms with van der Waals surface area (Å²) in [7, 11) is 0. The molecule has 2 aliphatic rings. The number of allylic oxidation sites excluding steroid dienone is 1. The molecule has 2 saturated heterocycles. The van der Waals surface area contributed by atoms with Crippen LogP contribution in [0.25, 0.3) is 0 Å². The van der Waals surface area contributed by atoms with E-state index in [1.807, 2.05) is 42.2 Å². The van der Waals surface area contributed by atoms with E-state index >= 15 is 0 Å². The largest absolute Gasteiger partial charge is 0.350 e. The van der Waals surface area contributed by atoms with Crippen LogP contribution in [0.2, 0.25) is 0 Å². The molecule has 1 atom stereocenters. The van der Waals surface area contributed by atoms with E-state index in [-0.39, 0.29) is 17.7 Å². The van der Waals surface area contributed by atoms with Crippen molar-refractivity contribution in [2.24, 2.45) is 5.92 Å². The summed E-state index contributed by atoms with van der Waals surface area (Å²) in [4.78, 5) is 33.5. The second-order valence-corrected chi connectivity index (χ2v) is 7.76. The van der Waals surface area contributed by atoms with Gasteiger partial charge in [-0.05, 0) is 51.3 Å². The third-order valence-electron chi connectivity index (χ3n) is 5.86. The van der Waals surface area contributed by atoms with Gasteiger partial charge < -0.3 is 10.2 Å². The molecule has 0 aromatic carbocycles. The molecule has 1 N–H and O–H groups in total. The maximum Gasteiger partial charge on any atom is 0.226 e. The van der Waals surface area contributed by atoms with Gasteiger partial charge in [0.15, 0.2) is 0 Å². The first-order chi connectivity index (χ1) is 13.7. The topological polar surface area (TPSA) is 65.5 Å². The molecule has 0 spiro atoms. The first-order valence-corrected chi connectivity index (χ1v) is 10.5. The molecule has 1 unspecified atom stereocenters. The molecule has 152 valence electrons. The van der Waals surface area contributed by atoms with Crippen LogP contribution < -0.4 is 5.32 Å². The van der Waals surface area contributed by atoms with Gasteiger partial charge in [0.1, 0.15) is 0 Å². The summed E-state index contributed by atoms with van der Waals surface area (Å²) < 4.78 is 0. The molecule has 0 radical (unpaired) electrons. The second kappa shape index (κ2) is 10.4. The lowest BCUT2D eigenvalue weighted by molar-refractivity contribution is -0.132. The lowest BCUT2D eigenvalue weighted by Crippen LogP contribution is -2.51. The number of amides is 2. The molecule has 2 fully saturated rings. The van der Waals surface area contributed by atoms with Gasteiger partial charge in [0, 0.05) is 38.3 Å². The Morgan fingerprint density at radius 3 is 2.75 bits per heavy atom. The Balaban J connectivity index is 1.44. The number of likely N-dealkylation sites (tertiary alicyclic amines) is 2. The van der Waals surface area contributed by atoms with E-state index in [2.05, 4.69) is 15.2 Å². The standard InChI is InChI=1S/C22H32N4O2/c1-2-3-9-21(27)25-14-10-20(11-15-25)26-13-6-7-18(17-26)22(28)24-16-19-8-4-5-12-23-19/h2-5,8,12,18,20H,6-7,9-11,13-17H2,1H3,(H,24,28)/b3-2+. The highest BCUT2D eigenvalue weighted by Crippen LogP contribution is 2.24. The first-order valence-electron chi connectivity index (χ1n) is 10.5. The average molecular weight is 385 g/mol. The van der Waals surface area contributed by atoms with Crippen molar-refractivity contribution in [2.45, 2.75) is 51.6 Å². The number of aromatic nitrogens is 1. The van der Waals surface area contributed by atoms with Crippen LogP contribution in [0.1, 0.15) is 44.7 Å². The van der Waals surface area contributed by atoms with Crippen molar-refractivity contribution in [3.05, 3.63) is 42.2 Å². The third-order valence-corrected chi connectivity index (χ3v) is 5.86. The Kier molecular flexibility index (Phi) is 7.60. The fourth-order valence-electron chi connectivity index (χ4n) is 4.20. The number of nitrogens with one attached hydrogen (secondary N) is 1. The van der Waals surface area contributed by atoms with E-state index in [0.717, 1.165) is 57.6 Å². The predicted octanol–water partition coefficient (Wildman–Crippen LogP) is 2.37. The number of nitrogens with zero attached hydrogens (tertiary/aromatic N) is 3. The predicted molar refractivity (Wildman–Crippen MR) is 109 cm³/mol. The molecule has 6 nitrogen and oxygen atoms in total. The van der Waals surface area contributed by atoms with Crippen LogP contribution >= 0.6 is 0 Å². The lowest BCUT2D eigenvalue weighted by Gasteiger charge is -2.42. The molecule has 1 aromatic heterocycles. The maximum atomic E-state index is 12.6. The minimum atomic E-state index is 0.0480. The Hall–Kier alpha value is -2.21. The number of carbonyl (C=O) groups is 2. The fraction of sp³-hybridized carbons (Fsp3) is 0.591. The van der Waals surface area contributed by atoms with Crippen molar-refractivity contribution in [1.82, 2.24) is 20.1 Å². The van der Waals surface area contributed by atoms with Gasteiger partial charge in [0.05, 0.1) is 18.2 Å². The van der Waals surface area contributed by atoms with Gasteiger partial charge in [0.25, 0.3) is 0 Å². The molecule has 2 amide bonds. The fourth-order valence-corrected chi connectivity index (χ4v) is 4.20. The molecule has 28 heavy (non-hydrogen) atoms. The van der Waals surface area contributed by atoms with Crippen molar-refractivity contribution in [1.29, 1.82) is 0 Å². The zero-order chi connectivity index (χ0) is 19.8. The summed E-state index contributed by atoms with van der Waals surface area (Å²) in [6.45, 7) is 5.97. The third kappa shape index (κ3) is 5.64. The molecule has 3 rings (SSSR count). The maximum absolute atomic E-state index is 12.6. The zero-order valence-corrected chi connectivity index (χ0v) is 16.8. The number of pyridine rings is 1. The minimum absolute atomic E-state index is 0.0480. The molecule has 6 heteroatoms. The van der Waals surface area contributed by atoms with E-state index in [0.29, 0.717) is 19.0 Å². The van der Waals surface area contributed by atoms with Crippen LogP contribution in [0.3, 0.4) is 0 Å². The summed E-state index contributed by atoms with van der Waals surface area (Å²) in [5.74, 6) is 0.406. The van der Waals surface area contributed by atoms with E-state index in [9.17, 15) is 9.59 Å². The van der Waals surface area contributed by atoms with E-state index in [1.54, 1.807) is 6.20 Å². The summed E-state index contributed by atoms with van der Waals surface area (Å²) >= 11 is 0. The van der Waals surface area contributed by atoms with Gasteiger partial charge in [0.2, 0.25) is 11.8 Å². The molecule has 3 heterocycles. The van der Waals surface area contributed by atoms with Crippen LogP contribution in [0.4, 0.5) is 0 Å². The van der Waals surface area contributed by atoms with Gasteiger partial charge in [-0.3, -0.25) is 19.5 Å². The van der Waals surface area contributed by atoms with E-state index < -0.39 is 0 Å². The minimum Gasteiger partial charge on any atom is -0.350 e. The summed E-state index contributed by atoms with van der Waals surface area (Å²) in [6.07, 6.45) is 10.1. The number of piperidine rings is 2. The Labute approximate surface area is 168 Å². The molecular weight excluding hydrogens is 352 g/mol. The SMILES string of the molecule is C/C=C/CC(=O)N1CCC(N2CCCC(C(=O)NCc3ccccn3)C2)CC1. The van der Waals surface area contributed by atoms with Gasteiger partial charge in [-0.2, -0.15) is 0 Å². The second-order valence-electron chi connectivity index (χ2n) is 7.76. The summed E-state index contributed by atoms with van der Waals surface area (Å²) in [5, 5.41) is 3.05. The monoisotopic (exact) mass is 384 g/mol. The van der Waals surface area contributed by atoms with Crippen molar-refractivity contribution >= 4 is 11.8 Å². The van der Waals surface area contributed by atoms with E-state index in [1.165, 1.54) is 0 Å². The van der Waals surface area contributed by atoms with Gasteiger partial charge in [-0.1, -0.05) is 18.2 Å². The summed E-state index contributed by atoms with van der Waals surface area (Å²) in [6, 6.07) is 6.23. The molecule has 2 aliphatic heterocycles. The Morgan fingerprint density at radius 1 is 1.21 bits per heavy atom. The van der Waals surface area contributed by atoms with Gasteiger partial charge in [-0.15, -0.1) is 0 Å². The number of hydrogen-bond acceptors (Lipinski definition) is 4. The lowest BCUT2D eigenvalue weighted by atomic mass is 9.93. The Bertz CT molecular complexity index is 668. The van der Waals surface area contributed by atoms with Crippen LogP contribution in [-0.4, -0.2) is 58.8 Å². The number of hydrogen-bond donors (Lipinski definition) is 1. The van der Waals surface area contributed by atoms with Crippen LogP contribution in [-0.2, 0) is 16.1 Å². The van der Waals surface area contributed by atoms with Gasteiger partial charge >= 0.3 is 0 Å². The van der Waals surface area contributed by atoms with Crippen LogP contribution in [0.5, 0.6) is 0 Å². The van der Waals surface area contributed by atoms with Crippen molar-refractivity contribution in [2.75, 3.05) is 26.2 Å². The van der Waals surface area contributed by atoms with Crippen LogP contribution in [0, 0.1) is 5.92 Å². The smallest absolute Gasteiger partial charge is 0.226 e. The van der Waals surface area contributed by atoms with Gasteiger partial charge in [-0.25, -0.2) is 0 Å². The summed E-state index contributed by atoms with van der Waals surface area (Å²) in [5.41, 5.74) is 0.887. The normalized spacial score (nSPS) is 21.8. The first kappa shape index (κ1) is 20.5. The van der Waals surface area contributed by atoms with E-state index in [4.69, 9.17) is 0 Å². The average Bonchev–Trinajstić information content (AvgIpc) is 2.76. The number of rotatable bonds is 6. The molecular formula is C22H32N4O2. The molecule has 0 bridgehead atoms. The highest BCUT2D eigenvalue weighted by atomic mass is 16.2. The Morgan fingerprint density at radius 2 is 2.04 bits per heavy atom. The zero-order valence-electron chi connectivity index (χ0n) is 16.8. The van der Waals surface area contributed by atoms with Crippen molar-refractivity contribution < 1.29 is 9.59 Å².